The second-order valence-electron chi connectivity index (χ2n) is 3.67. The first-order valence-corrected chi connectivity index (χ1v) is 6.15. The molecule has 0 bridgehead atoms. The number of thiophene rings is 1. The average Bonchev–Trinajstić information content (AvgIpc) is 2.50. The quantitative estimate of drug-likeness (QED) is 0.639. The van der Waals surface area contributed by atoms with Crippen molar-refractivity contribution in [2.75, 3.05) is 0 Å². The Hall–Kier alpha value is -0.310. The van der Waals surface area contributed by atoms with E-state index in [0.29, 0.717) is 16.3 Å². The van der Waals surface area contributed by atoms with Gasteiger partial charge in [-0.2, -0.15) is 0 Å². The van der Waals surface area contributed by atoms with Crippen LogP contribution in [0.25, 0.3) is 10.1 Å². The Morgan fingerprint density at radius 2 is 1.93 bits per heavy atom. The fourth-order valence-electron chi connectivity index (χ4n) is 1.48. The van der Waals surface area contributed by atoms with E-state index in [1.54, 1.807) is 6.07 Å². The van der Waals surface area contributed by atoms with Gasteiger partial charge in [0.2, 0.25) is 0 Å². The maximum atomic E-state index is 13.7. The second kappa shape index (κ2) is 3.93. The highest BCUT2D eigenvalue weighted by Crippen LogP contribution is 2.42. The Balaban J connectivity index is 2.83. The number of rotatable bonds is 1. The lowest BCUT2D eigenvalue weighted by atomic mass is 10.1. The van der Waals surface area contributed by atoms with Crippen molar-refractivity contribution in [1.29, 1.82) is 0 Å². The van der Waals surface area contributed by atoms with Crippen LogP contribution in [-0.2, 0) is 0 Å². The van der Waals surface area contributed by atoms with Crippen LogP contribution in [0.4, 0.5) is 4.39 Å². The van der Waals surface area contributed by atoms with Gasteiger partial charge in [-0.05, 0) is 18.1 Å². The molecular formula is C11H9Cl2FS. The first-order valence-electron chi connectivity index (χ1n) is 4.58. The molecule has 0 N–H and O–H groups in total. The van der Waals surface area contributed by atoms with Gasteiger partial charge in [0.1, 0.15) is 0 Å². The summed E-state index contributed by atoms with van der Waals surface area (Å²) in [4.78, 5) is 1.01. The third kappa shape index (κ3) is 1.75. The van der Waals surface area contributed by atoms with Crippen molar-refractivity contribution in [3.8, 4) is 0 Å². The summed E-state index contributed by atoms with van der Waals surface area (Å²) in [7, 11) is 0. The van der Waals surface area contributed by atoms with Crippen molar-refractivity contribution in [3.63, 3.8) is 0 Å². The first kappa shape index (κ1) is 11.2. The van der Waals surface area contributed by atoms with Gasteiger partial charge in [0, 0.05) is 15.0 Å². The lowest BCUT2D eigenvalue weighted by Gasteiger charge is -2.00. The predicted molar refractivity (Wildman–Crippen MR) is 65.9 cm³/mol. The van der Waals surface area contributed by atoms with E-state index in [0.717, 1.165) is 9.58 Å². The molecule has 0 saturated carbocycles. The van der Waals surface area contributed by atoms with Gasteiger partial charge in [-0.1, -0.05) is 37.0 Å². The van der Waals surface area contributed by atoms with Crippen LogP contribution in [0, 0.1) is 5.82 Å². The van der Waals surface area contributed by atoms with Gasteiger partial charge in [-0.3, -0.25) is 0 Å². The molecule has 2 rings (SSSR count). The molecule has 0 fully saturated rings. The average molecular weight is 263 g/mol. The van der Waals surface area contributed by atoms with E-state index in [2.05, 4.69) is 0 Å². The molecule has 0 atom stereocenters. The molecule has 4 heteroatoms. The van der Waals surface area contributed by atoms with Crippen molar-refractivity contribution in [2.45, 2.75) is 19.8 Å². The summed E-state index contributed by atoms with van der Waals surface area (Å²) in [5.41, 5.74) is 0. The smallest absolute Gasteiger partial charge is 0.151 e. The zero-order valence-electron chi connectivity index (χ0n) is 8.27. The molecule has 0 amide bonds. The first-order chi connectivity index (χ1) is 7.02. The molecule has 0 aliphatic heterocycles. The molecule has 2 aromatic rings. The molecule has 0 radical (unpaired) electrons. The Morgan fingerprint density at radius 3 is 2.53 bits per heavy atom. The van der Waals surface area contributed by atoms with Crippen LogP contribution in [0.3, 0.4) is 0 Å². The predicted octanol–water partition coefficient (Wildman–Crippen LogP) is 5.47. The molecule has 0 spiro atoms. The third-order valence-electron chi connectivity index (χ3n) is 2.24. The molecule has 0 aliphatic rings. The Morgan fingerprint density at radius 1 is 1.27 bits per heavy atom. The van der Waals surface area contributed by atoms with Crippen molar-refractivity contribution in [1.82, 2.24) is 0 Å². The minimum atomic E-state index is -0.415. The monoisotopic (exact) mass is 262 g/mol. The van der Waals surface area contributed by atoms with E-state index in [1.807, 2.05) is 19.9 Å². The minimum absolute atomic E-state index is 0.123. The third-order valence-corrected chi connectivity index (χ3v) is 4.49. The van der Waals surface area contributed by atoms with Crippen LogP contribution in [0.15, 0.2) is 12.1 Å². The van der Waals surface area contributed by atoms with Crippen molar-refractivity contribution in [2.24, 2.45) is 0 Å². The van der Waals surface area contributed by atoms with Crippen molar-refractivity contribution >= 4 is 44.6 Å². The minimum Gasteiger partial charge on any atom is -0.205 e. The zero-order valence-corrected chi connectivity index (χ0v) is 10.6. The number of halogens is 3. The zero-order chi connectivity index (χ0) is 11.2. The van der Waals surface area contributed by atoms with Gasteiger partial charge in [0.05, 0.1) is 10.0 Å². The summed E-state index contributed by atoms with van der Waals surface area (Å²) in [6.07, 6.45) is 0. The molecule has 1 aromatic heterocycles. The maximum Gasteiger partial charge on any atom is 0.151 e. The van der Waals surface area contributed by atoms with Gasteiger partial charge in [-0.25, -0.2) is 4.39 Å². The Bertz CT molecular complexity index is 517. The lowest BCUT2D eigenvalue weighted by Crippen LogP contribution is -1.82. The summed E-state index contributed by atoms with van der Waals surface area (Å²) < 4.78 is 14.6. The topological polar surface area (TPSA) is 0 Å². The van der Waals surface area contributed by atoms with Crippen LogP contribution < -0.4 is 0 Å². The highest BCUT2D eigenvalue weighted by molar-refractivity contribution is 7.19. The molecule has 15 heavy (non-hydrogen) atoms. The van der Waals surface area contributed by atoms with Crippen LogP contribution >= 0.6 is 34.5 Å². The van der Waals surface area contributed by atoms with E-state index in [1.165, 1.54) is 11.3 Å². The molecule has 80 valence electrons. The molecule has 0 unspecified atom stereocenters. The molecule has 1 heterocycles. The van der Waals surface area contributed by atoms with Crippen LogP contribution in [0.5, 0.6) is 0 Å². The summed E-state index contributed by atoms with van der Waals surface area (Å²) in [5.74, 6) is -0.115. The van der Waals surface area contributed by atoms with E-state index in [9.17, 15) is 4.39 Å². The lowest BCUT2D eigenvalue weighted by molar-refractivity contribution is 0.640. The highest BCUT2D eigenvalue weighted by Gasteiger charge is 2.17. The van der Waals surface area contributed by atoms with Gasteiger partial charge in [0.25, 0.3) is 0 Å². The van der Waals surface area contributed by atoms with Crippen LogP contribution in [0.1, 0.15) is 24.6 Å². The number of benzene rings is 1. The molecule has 0 nitrogen and oxygen atoms in total. The molecular weight excluding hydrogens is 254 g/mol. The molecule has 1 aromatic carbocycles. The van der Waals surface area contributed by atoms with Crippen LogP contribution in [0.2, 0.25) is 10.0 Å². The van der Waals surface area contributed by atoms with E-state index >= 15 is 0 Å². The Kier molecular flexibility index (Phi) is 2.93. The molecule has 0 saturated heterocycles. The summed E-state index contributed by atoms with van der Waals surface area (Å²) in [5, 5.41) is 1.08. The van der Waals surface area contributed by atoms with E-state index < -0.39 is 5.82 Å². The fourth-order valence-corrected chi connectivity index (χ4v) is 3.31. The van der Waals surface area contributed by atoms with Gasteiger partial charge >= 0.3 is 0 Å². The highest BCUT2D eigenvalue weighted by atomic mass is 35.5. The van der Waals surface area contributed by atoms with Gasteiger partial charge in [-0.15, -0.1) is 11.3 Å². The second-order valence-corrected chi connectivity index (χ2v) is 5.54. The Labute approximate surface area is 102 Å². The normalized spacial score (nSPS) is 11.6. The number of hydrogen-bond donors (Lipinski definition) is 0. The van der Waals surface area contributed by atoms with E-state index in [-0.39, 0.29) is 5.02 Å². The van der Waals surface area contributed by atoms with Gasteiger partial charge in [0.15, 0.2) is 5.82 Å². The number of hydrogen-bond acceptors (Lipinski definition) is 1. The maximum absolute atomic E-state index is 13.7. The largest absolute Gasteiger partial charge is 0.205 e. The standard InChI is InChI=1S/C11H9Cl2FS/c1-5(2)11-9(13)8-7(15-11)4-3-6(12)10(8)14/h3-5H,1-2H3. The van der Waals surface area contributed by atoms with E-state index in [4.69, 9.17) is 23.2 Å². The fraction of sp³-hybridized carbons (Fsp3) is 0.273. The van der Waals surface area contributed by atoms with Gasteiger partial charge < -0.3 is 0 Å². The molecule has 0 aliphatic carbocycles. The SMILES string of the molecule is CC(C)c1sc2ccc(Cl)c(F)c2c1Cl. The van der Waals surface area contributed by atoms with Crippen LogP contribution in [-0.4, -0.2) is 0 Å². The summed E-state index contributed by atoms with van der Waals surface area (Å²) >= 11 is 13.4. The summed E-state index contributed by atoms with van der Waals surface area (Å²) in [6, 6.07) is 3.37. The summed E-state index contributed by atoms with van der Waals surface area (Å²) in [6.45, 7) is 4.08. The van der Waals surface area contributed by atoms with Crippen molar-refractivity contribution < 1.29 is 4.39 Å². The number of fused-ring (bicyclic) bond motifs is 1. The van der Waals surface area contributed by atoms with Crippen molar-refractivity contribution in [3.05, 3.63) is 32.9 Å².